The van der Waals surface area contributed by atoms with Gasteiger partial charge in [0, 0.05) is 11.8 Å². The molecule has 2 nitrogen and oxygen atoms in total. The van der Waals surface area contributed by atoms with Gasteiger partial charge in [0.1, 0.15) is 11.9 Å². The summed E-state index contributed by atoms with van der Waals surface area (Å²) in [6, 6.07) is 9.49. The molecule has 1 aromatic carbocycles. The predicted molar refractivity (Wildman–Crippen MR) is 73.0 cm³/mol. The average molecular weight is 288 g/mol. The first-order chi connectivity index (χ1) is 10.1. The van der Waals surface area contributed by atoms with E-state index < -0.39 is 11.9 Å². The quantitative estimate of drug-likeness (QED) is 0.832. The van der Waals surface area contributed by atoms with Crippen LogP contribution < -0.4 is 0 Å². The second-order valence-corrected chi connectivity index (χ2v) is 4.39. The number of aromatic nitrogens is 1. The minimum absolute atomic E-state index is 0.0181. The molecule has 0 atom stereocenters. The molecule has 5 heteroatoms. The van der Waals surface area contributed by atoms with E-state index in [9.17, 15) is 13.2 Å². The van der Waals surface area contributed by atoms with Crippen molar-refractivity contribution in [1.29, 1.82) is 5.26 Å². The molecule has 0 bridgehead atoms. The molecule has 0 aliphatic rings. The van der Waals surface area contributed by atoms with Gasteiger partial charge in [-0.3, -0.25) is 4.98 Å². The van der Waals surface area contributed by atoms with E-state index in [2.05, 4.69) is 4.98 Å². The molecule has 0 radical (unpaired) electrons. The Hall–Kier alpha value is -2.61. The van der Waals surface area contributed by atoms with Gasteiger partial charge in [-0.25, -0.2) is 4.39 Å². The number of hydrogen-bond acceptors (Lipinski definition) is 2. The Kier molecular flexibility index (Phi) is 4.72. The number of benzene rings is 1. The van der Waals surface area contributed by atoms with Crippen LogP contribution in [0.1, 0.15) is 17.5 Å². The van der Waals surface area contributed by atoms with Crippen molar-refractivity contribution in [2.75, 3.05) is 0 Å². The van der Waals surface area contributed by atoms with Gasteiger partial charge in [0.05, 0.1) is 11.3 Å². The van der Waals surface area contributed by atoms with Crippen LogP contribution in [0.2, 0.25) is 0 Å². The van der Waals surface area contributed by atoms with Gasteiger partial charge in [0.25, 0.3) is 6.08 Å². The summed E-state index contributed by atoms with van der Waals surface area (Å²) in [7, 11) is 0. The Morgan fingerprint density at radius 1 is 1.24 bits per heavy atom. The predicted octanol–water partition coefficient (Wildman–Crippen LogP) is 4.47. The molecule has 2 aromatic rings. The summed E-state index contributed by atoms with van der Waals surface area (Å²) in [6.45, 7) is 0. The van der Waals surface area contributed by atoms with Crippen LogP contribution in [0.5, 0.6) is 0 Å². The summed E-state index contributed by atoms with van der Waals surface area (Å²) in [4.78, 5) is 4.19. The minimum atomic E-state index is -1.69. The van der Waals surface area contributed by atoms with Crippen LogP contribution in [0.3, 0.4) is 0 Å². The largest absolute Gasteiger partial charge is 0.266 e. The van der Waals surface area contributed by atoms with Gasteiger partial charge in [-0.1, -0.05) is 12.1 Å². The van der Waals surface area contributed by atoms with Crippen LogP contribution in [-0.4, -0.2) is 4.98 Å². The smallest absolute Gasteiger partial charge is 0.256 e. The number of nitriles is 1. The van der Waals surface area contributed by atoms with Crippen molar-refractivity contribution in [3.8, 4) is 17.3 Å². The molecule has 0 aliphatic carbocycles. The lowest BCUT2D eigenvalue weighted by Crippen LogP contribution is -1.90. The van der Waals surface area contributed by atoms with E-state index in [0.29, 0.717) is 17.7 Å². The van der Waals surface area contributed by atoms with E-state index in [0.717, 1.165) is 11.6 Å². The van der Waals surface area contributed by atoms with Crippen molar-refractivity contribution in [3.05, 3.63) is 65.6 Å². The molecule has 1 heterocycles. The number of aryl methyl sites for hydroxylation is 1. The molecule has 0 aliphatic heterocycles. The van der Waals surface area contributed by atoms with Crippen LogP contribution in [0, 0.1) is 17.1 Å². The SMILES string of the molecule is N#Cc1ccc(-c2ccc(CCC=C(F)F)cn2)cc1F. The third kappa shape index (κ3) is 3.93. The van der Waals surface area contributed by atoms with Gasteiger partial charge in [-0.05, 0) is 42.7 Å². The molecule has 0 saturated carbocycles. The highest BCUT2D eigenvalue weighted by molar-refractivity contribution is 5.60. The lowest BCUT2D eigenvalue weighted by atomic mass is 10.1. The summed E-state index contributed by atoms with van der Waals surface area (Å²) in [5.41, 5.74) is 1.93. The molecule has 2 rings (SSSR count). The zero-order valence-corrected chi connectivity index (χ0v) is 11.0. The maximum absolute atomic E-state index is 13.5. The number of halogens is 3. The lowest BCUT2D eigenvalue weighted by molar-refractivity contribution is 0.417. The lowest BCUT2D eigenvalue weighted by Gasteiger charge is -2.04. The standard InChI is InChI=1S/C16H11F3N2/c17-14-8-12(5-6-13(14)9-20)15-7-4-11(10-21-15)2-1-3-16(18)19/h3-8,10H,1-2H2. The third-order valence-electron chi connectivity index (χ3n) is 2.94. The Bertz CT molecular complexity index is 696. The first kappa shape index (κ1) is 14.8. The van der Waals surface area contributed by atoms with E-state index in [-0.39, 0.29) is 12.0 Å². The Balaban J connectivity index is 2.14. The topological polar surface area (TPSA) is 36.7 Å². The number of hydrogen-bond donors (Lipinski definition) is 0. The molecule has 1 aromatic heterocycles. The second-order valence-electron chi connectivity index (χ2n) is 4.39. The van der Waals surface area contributed by atoms with Gasteiger partial charge in [-0.15, -0.1) is 0 Å². The van der Waals surface area contributed by atoms with Crippen molar-refractivity contribution in [2.24, 2.45) is 0 Å². The minimum Gasteiger partial charge on any atom is -0.256 e. The molecule has 0 unspecified atom stereocenters. The Morgan fingerprint density at radius 3 is 2.62 bits per heavy atom. The van der Waals surface area contributed by atoms with Gasteiger partial charge in [0.15, 0.2) is 0 Å². The zero-order valence-electron chi connectivity index (χ0n) is 11.0. The van der Waals surface area contributed by atoms with Crippen molar-refractivity contribution >= 4 is 0 Å². The van der Waals surface area contributed by atoms with Gasteiger partial charge >= 0.3 is 0 Å². The van der Waals surface area contributed by atoms with Crippen LogP contribution in [0.4, 0.5) is 13.2 Å². The van der Waals surface area contributed by atoms with Crippen LogP contribution in [-0.2, 0) is 6.42 Å². The summed E-state index contributed by atoms with van der Waals surface area (Å²) >= 11 is 0. The number of nitrogens with zero attached hydrogens (tertiary/aromatic N) is 2. The molecule has 21 heavy (non-hydrogen) atoms. The van der Waals surface area contributed by atoms with Crippen LogP contribution in [0.15, 0.2) is 48.7 Å². The fourth-order valence-corrected chi connectivity index (χ4v) is 1.86. The maximum atomic E-state index is 13.5. The van der Waals surface area contributed by atoms with E-state index in [4.69, 9.17) is 5.26 Å². The first-order valence-corrected chi connectivity index (χ1v) is 6.26. The number of pyridine rings is 1. The molecule has 0 amide bonds. The van der Waals surface area contributed by atoms with E-state index in [1.165, 1.54) is 12.1 Å². The summed E-state index contributed by atoms with van der Waals surface area (Å²) in [5.74, 6) is -0.593. The molecule has 0 fully saturated rings. The van der Waals surface area contributed by atoms with Crippen molar-refractivity contribution < 1.29 is 13.2 Å². The number of rotatable bonds is 4. The molecule has 0 N–H and O–H groups in total. The van der Waals surface area contributed by atoms with Gasteiger partial charge in [0.2, 0.25) is 0 Å². The summed E-state index contributed by atoms with van der Waals surface area (Å²) < 4.78 is 37.3. The van der Waals surface area contributed by atoms with Crippen LogP contribution >= 0.6 is 0 Å². The highest BCUT2D eigenvalue weighted by Crippen LogP contribution is 2.20. The molecular weight excluding hydrogens is 277 g/mol. The maximum Gasteiger partial charge on any atom is 0.266 e. The molecule has 0 saturated heterocycles. The monoisotopic (exact) mass is 288 g/mol. The molecule has 0 spiro atoms. The van der Waals surface area contributed by atoms with Crippen molar-refractivity contribution in [2.45, 2.75) is 12.8 Å². The van der Waals surface area contributed by atoms with Gasteiger partial charge in [-0.2, -0.15) is 14.0 Å². The highest BCUT2D eigenvalue weighted by atomic mass is 19.3. The summed E-state index contributed by atoms with van der Waals surface area (Å²) in [6.07, 6.45) is 1.47. The van der Waals surface area contributed by atoms with Crippen molar-refractivity contribution in [1.82, 2.24) is 4.98 Å². The highest BCUT2D eigenvalue weighted by Gasteiger charge is 2.05. The summed E-state index contributed by atoms with van der Waals surface area (Å²) in [5, 5.41) is 8.67. The normalized spacial score (nSPS) is 10.0. The molecule has 106 valence electrons. The van der Waals surface area contributed by atoms with Gasteiger partial charge < -0.3 is 0 Å². The van der Waals surface area contributed by atoms with E-state index in [1.807, 2.05) is 0 Å². The Morgan fingerprint density at radius 2 is 2.05 bits per heavy atom. The fourth-order valence-electron chi connectivity index (χ4n) is 1.86. The fraction of sp³-hybridized carbons (Fsp3) is 0.125. The van der Waals surface area contributed by atoms with Crippen LogP contribution in [0.25, 0.3) is 11.3 Å². The second kappa shape index (κ2) is 6.71. The third-order valence-corrected chi connectivity index (χ3v) is 2.94. The average Bonchev–Trinajstić information content (AvgIpc) is 2.47. The number of allylic oxidation sites excluding steroid dienone is 1. The zero-order chi connectivity index (χ0) is 15.2. The molecular formula is C16H11F3N2. The van der Waals surface area contributed by atoms with E-state index >= 15 is 0 Å². The van der Waals surface area contributed by atoms with E-state index in [1.54, 1.807) is 30.5 Å². The first-order valence-electron chi connectivity index (χ1n) is 6.26. The Labute approximate surface area is 120 Å². The van der Waals surface area contributed by atoms with Crippen molar-refractivity contribution in [3.63, 3.8) is 0 Å².